The van der Waals surface area contributed by atoms with E-state index in [2.05, 4.69) is 449 Å². The van der Waals surface area contributed by atoms with Crippen molar-refractivity contribution in [3.05, 3.63) is 485 Å². The summed E-state index contributed by atoms with van der Waals surface area (Å²) in [5.74, 6) is 0. The van der Waals surface area contributed by atoms with Gasteiger partial charge in [-0.1, -0.05) is 445 Å². The molecular formula is C118H88BN3Si2. The molecule has 2 aliphatic rings. The third-order valence-electron chi connectivity index (χ3n) is 25.6. The van der Waals surface area contributed by atoms with Gasteiger partial charge in [0.1, 0.15) is 0 Å². The van der Waals surface area contributed by atoms with Crippen molar-refractivity contribution >= 4 is 137 Å². The van der Waals surface area contributed by atoms with Gasteiger partial charge in [-0.05, 0) is 179 Å². The van der Waals surface area contributed by atoms with Crippen LogP contribution in [0.5, 0.6) is 0 Å². The molecular weight excluding hydrogens is 1530 g/mol. The Balaban J connectivity index is 0.920. The summed E-state index contributed by atoms with van der Waals surface area (Å²) in [6, 6.07) is 155. The number of aromatic nitrogens is 1. The van der Waals surface area contributed by atoms with Crippen LogP contribution in [0.2, 0.25) is 0 Å². The van der Waals surface area contributed by atoms with Crippen molar-refractivity contribution in [2.45, 2.75) is 26.2 Å². The molecule has 19 aromatic carbocycles. The van der Waals surface area contributed by atoms with Gasteiger partial charge in [0, 0.05) is 44.6 Å². The Morgan fingerprint density at radius 1 is 0.242 bits per heavy atom. The van der Waals surface area contributed by atoms with Crippen LogP contribution in [0.3, 0.4) is 0 Å². The SMILES string of the molecule is [2H]c1c([2H])c([2H])c2c(c1[2H])c1c([2H])c([2H])c([2H])c([2H])c1n2-c1cc2c3c(c1)N(c1ccccc1-c1ccccc1)c1cc(-c4cc([Si](c5ccccc5)(c5ccccc5)c5cccc(-c6ccccc6)c5)cc([Si](c5ccccc5)(c5ccccc5)c5cccc(-c6ccccc6)c5)c4)ccc1B3c1cc(-c3ccccc3)ccc1N2c1ccc(C(C)(C)C)cc1-c1ccccc1. The average molecular weight is 1620 g/mol. The number of rotatable bonds is 17. The van der Waals surface area contributed by atoms with Gasteiger partial charge in [-0.15, -0.1) is 0 Å². The highest BCUT2D eigenvalue weighted by Crippen LogP contribution is 2.51. The summed E-state index contributed by atoms with van der Waals surface area (Å²) in [5, 5.41) is 9.65. The van der Waals surface area contributed by atoms with Crippen molar-refractivity contribution in [1.29, 1.82) is 0 Å². The Bertz CT molecular complexity index is 7560. The fourth-order valence-corrected chi connectivity index (χ4v) is 29.8. The summed E-state index contributed by atoms with van der Waals surface area (Å²) in [4.78, 5) is 4.82. The lowest BCUT2D eigenvalue weighted by atomic mass is 9.33. The third kappa shape index (κ3) is 12.8. The molecule has 3 heterocycles. The predicted molar refractivity (Wildman–Crippen MR) is 533 cm³/mol. The van der Waals surface area contributed by atoms with E-state index in [9.17, 15) is 11.0 Å². The molecule has 6 heteroatoms. The van der Waals surface area contributed by atoms with Gasteiger partial charge in [-0.3, -0.25) is 0 Å². The van der Waals surface area contributed by atoms with Crippen LogP contribution in [-0.2, 0) is 5.41 Å². The highest BCUT2D eigenvalue weighted by Gasteiger charge is 2.49. The first-order chi connectivity index (χ1) is 64.5. The minimum absolute atomic E-state index is 0.0131. The summed E-state index contributed by atoms with van der Waals surface area (Å²) >= 11 is 0. The molecule has 3 nitrogen and oxygen atoms in total. The Kier molecular flexibility index (Phi) is 16.9. The Morgan fingerprint density at radius 2 is 0.605 bits per heavy atom. The summed E-state index contributed by atoms with van der Waals surface area (Å²) in [7, 11) is -7.29. The lowest BCUT2D eigenvalue weighted by Gasteiger charge is -2.45. The largest absolute Gasteiger partial charge is 0.311 e. The highest BCUT2D eigenvalue weighted by molar-refractivity contribution is 7.22. The fourth-order valence-electron chi connectivity index (χ4n) is 20.0. The summed E-state index contributed by atoms with van der Waals surface area (Å²) in [6.45, 7) is 6.18. The molecule has 0 spiro atoms. The van der Waals surface area contributed by atoms with Crippen LogP contribution in [0.15, 0.2) is 479 Å². The van der Waals surface area contributed by atoms with E-state index in [-0.39, 0.29) is 27.2 Å². The summed E-state index contributed by atoms with van der Waals surface area (Å²) < 4.78 is 79.9. The van der Waals surface area contributed by atoms with Gasteiger partial charge in [0.05, 0.1) is 39.1 Å². The van der Waals surface area contributed by atoms with Gasteiger partial charge in [0.2, 0.25) is 0 Å². The van der Waals surface area contributed by atoms with Gasteiger partial charge in [0.25, 0.3) is 6.71 Å². The van der Waals surface area contributed by atoms with Crippen molar-refractivity contribution in [3.63, 3.8) is 0 Å². The topological polar surface area (TPSA) is 11.4 Å². The van der Waals surface area contributed by atoms with E-state index in [1.807, 2.05) is 12.1 Å². The van der Waals surface area contributed by atoms with E-state index in [1.54, 1.807) is 4.57 Å². The average Bonchev–Trinajstić information content (AvgIpc) is 1.20. The van der Waals surface area contributed by atoms with Crippen molar-refractivity contribution in [2.75, 3.05) is 9.80 Å². The molecule has 20 aromatic rings. The van der Waals surface area contributed by atoms with Crippen molar-refractivity contribution in [2.24, 2.45) is 0 Å². The summed E-state index contributed by atoms with van der Waals surface area (Å²) in [5.41, 5.74) is 21.6. The molecule has 22 rings (SSSR count). The van der Waals surface area contributed by atoms with Crippen molar-refractivity contribution in [3.8, 4) is 72.4 Å². The minimum atomic E-state index is -3.64. The van der Waals surface area contributed by atoms with Crippen LogP contribution in [0.1, 0.15) is 37.3 Å². The predicted octanol–water partition coefficient (Wildman–Crippen LogP) is 22.9. The first-order valence-corrected chi connectivity index (χ1v) is 46.6. The standard InChI is InChI=1S/C118H88BN3Si2/c1-118(2,3)93-69-72-112(106(79-93)87-47-21-8-22-48-87)121-113-71-68-90(85-43-17-6-18-44-85)77-108(113)119-107-70-67-91(78-114(107)122(109-64-34-31-61-103(109)86-45-19-7-20-46-86)116-81-94(80-115(121)117(116)119)120-110-65-35-32-62-104(110)105-63-33-36-66-111(105)120)92-75-101(123(95-51-23-9-24-52-95,96-53-25-10-26-54-96)99-59-37-49-88(73-99)83-39-13-4-14-40-83)82-102(76-92)124(97-55-27-11-28-56-97,98-57-29-12-30-58-98)100-60-38-50-89(74-100)84-41-15-5-16-42-84/h4-82H,1-3H3/i32D,33D,35D,36D,62D,63D,65D,66D. The van der Waals surface area contributed by atoms with Crippen LogP contribution in [0.4, 0.5) is 34.1 Å². The second-order valence-electron chi connectivity index (χ2n) is 33.6. The van der Waals surface area contributed by atoms with Gasteiger partial charge in [0.15, 0.2) is 16.1 Å². The fraction of sp³-hybridized carbons (Fsp3) is 0.0339. The number of hydrogen-bond donors (Lipinski definition) is 0. The quantitative estimate of drug-likeness (QED) is 0.0665. The molecule has 0 fully saturated rings. The number of fused-ring (bicyclic) bond motifs is 7. The second kappa shape index (κ2) is 31.3. The zero-order chi connectivity index (χ0) is 89.8. The number of nitrogens with zero attached hydrogens (tertiary/aromatic N) is 3. The summed E-state index contributed by atoms with van der Waals surface area (Å²) in [6.07, 6.45) is 0. The second-order valence-corrected chi connectivity index (χ2v) is 41.2. The number of benzene rings is 19. The van der Waals surface area contributed by atoms with Gasteiger partial charge >= 0.3 is 0 Å². The van der Waals surface area contributed by atoms with E-state index >= 15 is 0 Å². The molecule has 0 saturated heterocycles. The monoisotopic (exact) mass is 1620 g/mol. The molecule has 0 aliphatic carbocycles. The maximum atomic E-state index is 10.2. The van der Waals surface area contributed by atoms with Crippen LogP contribution in [0, 0.1) is 0 Å². The van der Waals surface area contributed by atoms with Crippen LogP contribution >= 0.6 is 0 Å². The Morgan fingerprint density at radius 3 is 1.08 bits per heavy atom. The molecule has 586 valence electrons. The van der Waals surface area contributed by atoms with E-state index < -0.39 is 71.2 Å². The molecule has 0 atom stereocenters. The lowest BCUT2D eigenvalue weighted by molar-refractivity contribution is 0.590. The maximum Gasteiger partial charge on any atom is 0.252 e. The zero-order valence-electron chi connectivity index (χ0n) is 76.9. The van der Waals surface area contributed by atoms with Gasteiger partial charge < -0.3 is 14.4 Å². The molecule has 124 heavy (non-hydrogen) atoms. The number of para-hydroxylation sites is 3. The van der Waals surface area contributed by atoms with E-state index in [0.717, 1.165) is 123 Å². The van der Waals surface area contributed by atoms with Gasteiger partial charge in [-0.2, -0.15) is 0 Å². The molecule has 0 N–H and O–H groups in total. The van der Waals surface area contributed by atoms with Crippen LogP contribution in [0.25, 0.3) is 94.3 Å². The number of hydrogen-bond acceptors (Lipinski definition) is 2. The minimum Gasteiger partial charge on any atom is -0.311 e. The normalized spacial score (nSPS) is 13.3. The Labute approximate surface area is 740 Å². The highest BCUT2D eigenvalue weighted by atomic mass is 28.3. The molecule has 0 radical (unpaired) electrons. The molecule has 0 bridgehead atoms. The van der Waals surface area contributed by atoms with Gasteiger partial charge in [-0.25, -0.2) is 0 Å². The molecule has 0 unspecified atom stereocenters. The molecule has 2 aliphatic heterocycles. The molecule has 0 saturated carbocycles. The maximum absolute atomic E-state index is 10.2. The van der Waals surface area contributed by atoms with E-state index in [0.29, 0.717) is 5.69 Å². The first-order valence-electron chi connectivity index (χ1n) is 46.6. The van der Waals surface area contributed by atoms with Crippen LogP contribution < -0.4 is 67.7 Å². The third-order valence-corrected chi connectivity index (χ3v) is 35.1. The molecule has 0 amide bonds. The van der Waals surface area contributed by atoms with Crippen LogP contribution in [-0.4, -0.2) is 27.4 Å². The van der Waals surface area contributed by atoms with Crippen molar-refractivity contribution in [1.82, 2.24) is 4.57 Å². The molecule has 1 aromatic heterocycles. The lowest BCUT2D eigenvalue weighted by Crippen LogP contribution is -2.78. The smallest absolute Gasteiger partial charge is 0.252 e. The first kappa shape index (κ1) is 66.8. The van der Waals surface area contributed by atoms with E-state index in [1.165, 1.54) is 41.5 Å². The number of anilines is 6. The van der Waals surface area contributed by atoms with E-state index in [4.69, 9.17) is 0 Å². The zero-order valence-corrected chi connectivity index (χ0v) is 70.9. The van der Waals surface area contributed by atoms with Crippen molar-refractivity contribution < 1.29 is 11.0 Å². The Hall–Kier alpha value is -14.9.